The maximum Gasteiger partial charge on any atom is 2.00 e. The molecule has 0 bridgehead atoms. The average molecular weight is 672 g/mol. The van der Waals surface area contributed by atoms with Gasteiger partial charge in [-0.1, -0.05) is 91.7 Å². The molecule has 3 aromatic carbocycles. The van der Waals surface area contributed by atoms with Crippen LogP contribution in [0.4, 0.5) is 0 Å². The van der Waals surface area contributed by atoms with Gasteiger partial charge in [-0.3, -0.25) is 9.80 Å². The molecule has 0 spiro atoms. The van der Waals surface area contributed by atoms with Gasteiger partial charge in [0.2, 0.25) is 0 Å². The first-order valence-electron chi connectivity index (χ1n) is 16.2. The second kappa shape index (κ2) is 22.7. The molecule has 0 saturated heterocycles. The number of rotatable bonds is 17. The van der Waals surface area contributed by atoms with E-state index in [0.717, 1.165) is 63.0 Å². The molecule has 2 fully saturated rings. The maximum atomic E-state index is 9.85. The van der Waals surface area contributed by atoms with Crippen molar-refractivity contribution in [1.29, 1.82) is 0 Å². The smallest absolute Gasteiger partial charge is 0.423 e. The van der Waals surface area contributed by atoms with Crippen molar-refractivity contribution in [3.05, 3.63) is 159 Å². The molecule has 5 rings (SSSR count). The third kappa shape index (κ3) is 14.6. The fourth-order valence-electron chi connectivity index (χ4n) is 5.73. The predicted molar refractivity (Wildman–Crippen MR) is 189 cm³/mol. The van der Waals surface area contributed by atoms with E-state index in [1.54, 1.807) is 12.1 Å². The first-order chi connectivity index (χ1) is 22.5. The van der Waals surface area contributed by atoms with Crippen LogP contribution in [-0.2, 0) is 36.7 Å². The van der Waals surface area contributed by atoms with Crippen LogP contribution in [0.15, 0.2) is 78.9 Å². The number of unbranched alkanes of at least 4 members (excludes halogenated alkanes) is 3. The first-order valence-corrected chi connectivity index (χ1v) is 16.2. The van der Waals surface area contributed by atoms with Gasteiger partial charge >= 0.3 is 31.3 Å². The van der Waals surface area contributed by atoms with Gasteiger partial charge in [0, 0.05) is 26.2 Å². The Bertz CT molecular complexity index is 1240. The molecule has 0 aliphatic heterocycles. The van der Waals surface area contributed by atoms with Crippen LogP contribution in [0.25, 0.3) is 0 Å². The molecule has 0 amide bonds. The van der Waals surface area contributed by atoms with Crippen molar-refractivity contribution in [1.82, 2.24) is 9.80 Å². The minimum absolute atomic E-state index is 0. The van der Waals surface area contributed by atoms with E-state index in [9.17, 15) is 20.1 Å². The van der Waals surface area contributed by atoms with Crippen LogP contribution in [0.2, 0.25) is 0 Å². The molecule has 0 unspecified atom stereocenters. The molecule has 0 atom stereocenters. The number of hydrogen-bond donors (Lipinski definition) is 4. The quantitative estimate of drug-likeness (QED) is 0.130. The topological polar surface area (TPSA) is 87.4 Å². The van der Waals surface area contributed by atoms with Gasteiger partial charge < -0.3 is 20.1 Å². The van der Waals surface area contributed by atoms with Crippen molar-refractivity contribution in [2.75, 3.05) is 19.6 Å². The molecule has 2 saturated carbocycles. The molecule has 4 N–H and O–H groups in total. The number of benzene rings is 3. The Morgan fingerprint density at radius 2 is 0.872 bits per heavy atom. The van der Waals surface area contributed by atoms with Crippen molar-refractivity contribution in [2.24, 2.45) is 0 Å². The summed E-state index contributed by atoms with van der Waals surface area (Å²) in [6, 6.07) is 25.5. The van der Waals surface area contributed by atoms with Gasteiger partial charge in [-0.2, -0.15) is 0 Å². The standard InChI is InChI=1S/C33H41B2N2O4.C5H5.Fe/c38-34(39)32-20-10-8-18-30(32)26-36(24-28-14-4-3-5-15-28)22-12-1-2-13-23-37(25-29-16-6-7-17-29)27-31-19-9-11-21-33(31)35(40)41;1-2-4-5-3-1;/h3-11,14-21,38-41H,1-2,12-13,22-27H2;1-5H;/q;;+2. The van der Waals surface area contributed by atoms with Crippen molar-refractivity contribution in [3.8, 4) is 0 Å². The Balaban J connectivity index is 0.000000913. The Labute approximate surface area is 295 Å². The summed E-state index contributed by atoms with van der Waals surface area (Å²) in [5.74, 6) is 1.26. The van der Waals surface area contributed by atoms with Gasteiger partial charge in [0.15, 0.2) is 0 Å². The van der Waals surface area contributed by atoms with Crippen LogP contribution < -0.4 is 10.9 Å². The van der Waals surface area contributed by atoms with E-state index in [-0.39, 0.29) is 17.1 Å². The van der Waals surface area contributed by atoms with Gasteiger partial charge in [0.05, 0.1) is 0 Å². The minimum atomic E-state index is -1.48. The molecular formula is C38H46B2FeN2O4+2. The third-order valence-electron chi connectivity index (χ3n) is 8.10. The van der Waals surface area contributed by atoms with Crippen LogP contribution in [-0.4, -0.2) is 63.8 Å². The maximum absolute atomic E-state index is 9.85. The van der Waals surface area contributed by atoms with Crippen LogP contribution in [0, 0.1) is 63.7 Å². The molecule has 3 aromatic rings. The van der Waals surface area contributed by atoms with Crippen LogP contribution in [0.3, 0.4) is 0 Å². The monoisotopic (exact) mass is 672 g/mol. The second-order valence-corrected chi connectivity index (χ2v) is 11.7. The van der Waals surface area contributed by atoms with Crippen molar-refractivity contribution in [3.63, 3.8) is 0 Å². The van der Waals surface area contributed by atoms with Crippen LogP contribution in [0.5, 0.6) is 0 Å². The van der Waals surface area contributed by atoms with E-state index in [2.05, 4.69) is 59.7 Å². The van der Waals surface area contributed by atoms with Gasteiger partial charge in [-0.15, -0.1) is 0 Å². The third-order valence-corrected chi connectivity index (χ3v) is 8.10. The number of hydrogen-bond acceptors (Lipinski definition) is 6. The van der Waals surface area contributed by atoms with Crippen molar-refractivity contribution >= 4 is 25.2 Å². The minimum Gasteiger partial charge on any atom is -0.423 e. The fraction of sp³-hybridized carbons (Fsp3) is 0.263. The number of nitrogens with zero attached hydrogens (tertiary/aromatic N) is 2. The van der Waals surface area contributed by atoms with Gasteiger partial charge in [-0.25, -0.2) is 0 Å². The SMILES string of the molecule is OB(O)c1ccccc1CN(CCCCCCN(Cc1ccccc1)Cc1ccccc1B(O)O)C[C]1[CH][CH][CH][CH]1.[CH]1[CH][CH][CH][CH]1.[Fe+2]. The van der Waals surface area contributed by atoms with Gasteiger partial charge in [-0.05, 0) is 117 Å². The molecular weight excluding hydrogens is 626 g/mol. The Morgan fingerprint density at radius 1 is 0.447 bits per heavy atom. The largest absolute Gasteiger partial charge is 2.00 e. The molecule has 2 aliphatic rings. The molecule has 9 heteroatoms. The predicted octanol–water partition coefficient (Wildman–Crippen LogP) is 3.54. The Morgan fingerprint density at radius 3 is 1.34 bits per heavy atom. The summed E-state index contributed by atoms with van der Waals surface area (Å²) in [5.41, 5.74) is 4.25. The molecule has 47 heavy (non-hydrogen) atoms. The summed E-state index contributed by atoms with van der Waals surface area (Å²) in [6.45, 7) is 4.80. The van der Waals surface area contributed by atoms with Gasteiger partial charge in [0.1, 0.15) is 0 Å². The van der Waals surface area contributed by atoms with E-state index in [1.807, 2.05) is 74.6 Å². The van der Waals surface area contributed by atoms with E-state index >= 15 is 0 Å². The zero-order chi connectivity index (χ0) is 32.4. The summed E-state index contributed by atoms with van der Waals surface area (Å²) < 4.78 is 0. The summed E-state index contributed by atoms with van der Waals surface area (Å²) in [6.07, 6.45) is 22.7. The Kier molecular flexibility index (Phi) is 19.0. The summed E-state index contributed by atoms with van der Waals surface area (Å²) in [4.78, 5) is 4.77. The average Bonchev–Trinajstić information content (AvgIpc) is 3.81. The molecule has 0 aromatic heterocycles. The van der Waals surface area contributed by atoms with E-state index in [0.29, 0.717) is 24.0 Å². The van der Waals surface area contributed by atoms with E-state index < -0.39 is 14.2 Å². The zero-order valence-electron chi connectivity index (χ0n) is 27.0. The Hall–Kier alpha value is -1.93. The summed E-state index contributed by atoms with van der Waals surface area (Å²) >= 11 is 0. The van der Waals surface area contributed by atoms with E-state index in [1.165, 1.54) is 11.5 Å². The fourth-order valence-corrected chi connectivity index (χ4v) is 5.73. The van der Waals surface area contributed by atoms with E-state index in [4.69, 9.17) is 0 Å². The normalized spacial score (nSPS) is 14.6. The first kappa shape index (κ1) is 39.5. The summed E-state index contributed by atoms with van der Waals surface area (Å²) in [5, 5.41) is 39.4. The molecule has 2 aliphatic carbocycles. The molecule has 10 radical (unpaired) electrons. The molecule has 6 nitrogen and oxygen atoms in total. The zero-order valence-corrected chi connectivity index (χ0v) is 28.1. The summed E-state index contributed by atoms with van der Waals surface area (Å²) in [7, 11) is -2.95. The van der Waals surface area contributed by atoms with Crippen LogP contribution >= 0.6 is 0 Å². The van der Waals surface area contributed by atoms with Crippen molar-refractivity contribution < 1.29 is 37.2 Å². The molecule has 0 heterocycles. The second-order valence-electron chi connectivity index (χ2n) is 11.7. The van der Waals surface area contributed by atoms with Crippen molar-refractivity contribution in [2.45, 2.75) is 45.3 Å². The van der Waals surface area contributed by atoms with Crippen LogP contribution in [0.1, 0.15) is 42.4 Å². The van der Waals surface area contributed by atoms with Gasteiger partial charge in [0.25, 0.3) is 0 Å². The molecule has 244 valence electrons.